The van der Waals surface area contributed by atoms with Crippen LogP contribution in [-0.4, -0.2) is 48.1 Å². The molecule has 11 heteroatoms. The third-order valence-corrected chi connectivity index (χ3v) is 8.25. The molecule has 2 aromatic carbocycles. The van der Waals surface area contributed by atoms with Crippen LogP contribution in [0.15, 0.2) is 60.7 Å². The van der Waals surface area contributed by atoms with E-state index in [1.54, 1.807) is 11.0 Å². The van der Waals surface area contributed by atoms with Crippen LogP contribution < -0.4 is 15.4 Å². The van der Waals surface area contributed by atoms with Gasteiger partial charge in [0.25, 0.3) is 11.8 Å². The third-order valence-electron chi connectivity index (χ3n) is 7.11. The molecule has 2 atom stereocenters. The van der Waals surface area contributed by atoms with Gasteiger partial charge in [-0.05, 0) is 55.5 Å². The van der Waals surface area contributed by atoms with Gasteiger partial charge in [-0.25, -0.2) is 0 Å². The van der Waals surface area contributed by atoms with Gasteiger partial charge in [0.05, 0.1) is 15.4 Å². The van der Waals surface area contributed by atoms with Crippen molar-refractivity contribution in [1.29, 1.82) is 0 Å². The number of halogens is 3. The molecule has 2 N–H and O–H groups in total. The minimum atomic E-state index is -4.94. The van der Waals surface area contributed by atoms with Gasteiger partial charge in [0, 0.05) is 31.0 Å². The van der Waals surface area contributed by atoms with E-state index in [0.717, 1.165) is 30.0 Å². The molecule has 40 heavy (non-hydrogen) atoms. The van der Waals surface area contributed by atoms with Gasteiger partial charge >= 0.3 is 6.36 Å². The fraction of sp³-hybridized carbons (Fsp3) is 0.345. The van der Waals surface area contributed by atoms with E-state index in [2.05, 4.69) is 15.4 Å². The van der Waals surface area contributed by atoms with Crippen LogP contribution in [0, 0.1) is 12.8 Å². The van der Waals surface area contributed by atoms with E-state index in [1.165, 1.54) is 29.5 Å². The number of benzene rings is 2. The van der Waals surface area contributed by atoms with Crippen LogP contribution in [0.2, 0.25) is 0 Å². The van der Waals surface area contributed by atoms with Crippen molar-refractivity contribution in [3.63, 3.8) is 0 Å². The average molecular weight is 572 g/mol. The summed E-state index contributed by atoms with van der Waals surface area (Å²) in [6.07, 6.45) is -2.77. The van der Waals surface area contributed by atoms with E-state index in [1.807, 2.05) is 37.3 Å². The topological polar surface area (TPSA) is 87.7 Å². The molecule has 0 radical (unpaired) electrons. The van der Waals surface area contributed by atoms with Crippen LogP contribution in [0.25, 0.3) is 0 Å². The molecule has 5 rings (SSSR count). The van der Waals surface area contributed by atoms with Gasteiger partial charge in [-0.1, -0.05) is 42.5 Å². The Morgan fingerprint density at radius 3 is 2.40 bits per heavy atom. The zero-order valence-corrected chi connectivity index (χ0v) is 22.5. The minimum absolute atomic E-state index is 0.0249. The largest absolute Gasteiger partial charge is 0.573 e. The van der Waals surface area contributed by atoms with Crippen LogP contribution in [0.3, 0.4) is 0 Å². The first kappa shape index (κ1) is 27.7. The monoisotopic (exact) mass is 571 g/mol. The number of anilines is 1. The van der Waals surface area contributed by atoms with Gasteiger partial charge in [-0.3, -0.25) is 14.4 Å². The number of carbonyl (C=O) groups is 3. The van der Waals surface area contributed by atoms with Gasteiger partial charge in [0.15, 0.2) is 0 Å². The molecule has 1 saturated carbocycles. The molecule has 0 unspecified atom stereocenters. The van der Waals surface area contributed by atoms with Crippen molar-refractivity contribution in [3.8, 4) is 5.75 Å². The first-order chi connectivity index (χ1) is 19.1. The van der Waals surface area contributed by atoms with Gasteiger partial charge < -0.3 is 20.3 Å². The Balaban J connectivity index is 1.33. The minimum Gasteiger partial charge on any atom is -0.405 e. The fourth-order valence-corrected chi connectivity index (χ4v) is 5.97. The number of piperidine rings is 1. The molecule has 3 aromatic rings. The zero-order chi connectivity index (χ0) is 28.4. The van der Waals surface area contributed by atoms with Crippen molar-refractivity contribution in [2.75, 3.05) is 18.4 Å². The molecular formula is C29H28F3N3O4S. The number of hydrogen-bond donors (Lipinski definition) is 2. The summed E-state index contributed by atoms with van der Waals surface area (Å²) in [7, 11) is 0. The van der Waals surface area contributed by atoms with E-state index >= 15 is 0 Å². The highest BCUT2D eigenvalue weighted by Gasteiger charge is 2.37. The lowest BCUT2D eigenvalue weighted by Gasteiger charge is -2.39. The molecule has 0 spiro atoms. The molecule has 2 aliphatic rings. The zero-order valence-electron chi connectivity index (χ0n) is 21.7. The number of rotatable bonds is 7. The van der Waals surface area contributed by atoms with E-state index < -0.39 is 24.1 Å². The number of carbonyl (C=O) groups excluding carboxylic acids is 3. The smallest absolute Gasteiger partial charge is 0.405 e. The van der Waals surface area contributed by atoms with Crippen molar-refractivity contribution >= 4 is 34.1 Å². The number of aryl methyl sites for hydroxylation is 1. The van der Waals surface area contributed by atoms with E-state index in [0.29, 0.717) is 29.4 Å². The third kappa shape index (κ3) is 6.47. The SMILES string of the molecule is Cc1cc(NC(=O)C2CC2)sc1C(=O)N1CC[C@@H](NC(=O)c2ccccc2OC(F)(F)F)[C@@H](c2ccccc2)C1. The first-order valence-electron chi connectivity index (χ1n) is 13.0. The van der Waals surface area contributed by atoms with Crippen molar-refractivity contribution in [2.24, 2.45) is 5.92 Å². The van der Waals surface area contributed by atoms with Crippen molar-refractivity contribution in [3.05, 3.63) is 82.2 Å². The van der Waals surface area contributed by atoms with Crippen LogP contribution >= 0.6 is 11.3 Å². The predicted octanol–water partition coefficient (Wildman–Crippen LogP) is 5.73. The Labute approximate surface area is 233 Å². The second-order valence-electron chi connectivity index (χ2n) is 10.1. The molecule has 1 saturated heterocycles. The average Bonchev–Trinajstić information content (AvgIpc) is 3.71. The Morgan fingerprint density at radius 1 is 1.00 bits per heavy atom. The highest BCUT2D eigenvalue weighted by molar-refractivity contribution is 7.18. The number of amides is 3. The Hall–Kier alpha value is -3.86. The Morgan fingerprint density at radius 2 is 1.70 bits per heavy atom. The lowest BCUT2D eigenvalue weighted by molar-refractivity contribution is -0.274. The molecule has 210 valence electrons. The molecule has 2 heterocycles. The maximum absolute atomic E-state index is 13.6. The van der Waals surface area contributed by atoms with Crippen LogP contribution in [-0.2, 0) is 4.79 Å². The molecule has 1 aromatic heterocycles. The number of para-hydroxylation sites is 1. The standard InChI is InChI=1S/C29H28F3N3O4S/c1-17-15-24(34-26(36)19-11-12-19)40-25(17)28(38)35-14-13-22(21(16-35)18-7-3-2-4-8-18)33-27(37)20-9-5-6-10-23(20)39-29(30,31)32/h2-10,15,19,21-22H,11-14,16H2,1H3,(H,33,37)(H,34,36)/t21-,22-/m1/s1. The molecule has 1 aliphatic heterocycles. The second kappa shape index (κ2) is 11.3. The Kier molecular flexibility index (Phi) is 7.84. The van der Waals surface area contributed by atoms with Gasteiger partial charge in [0.2, 0.25) is 5.91 Å². The molecule has 2 fully saturated rings. The highest BCUT2D eigenvalue weighted by Crippen LogP contribution is 2.35. The number of alkyl halides is 3. The molecule has 7 nitrogen and oxygen atoms in total. The summed E-state index contributed by atoms with van der Waals surface area (Å²) in [4.78, 5) is 41.2. The summed E-state index contributed by atoms with van der Waals surface area (Å²) >= 11 is 1.25. The van der Waals surface area contributed by atoms with Crippen molar-refractivity contribution < 1.29 is 32.3 Å². The number of likely N-dealkylation sites (tertiary alicyclic amines) is 1. The lowest BCUT2D eigenvalue weighted by Crippen LogP contribution is -2.51. The van der Waals surface area contributed by atoms with E-state index in [9.17, 15) is 27.6 Å². The number of hydrogen-bond acceptors (Lipinski definition) is 5. The summed E-state index contributed by atoms with van der Waals surface area (Å²) in [5.74, 6) is -1.70. The van der Waals surface area contributed by atoms with Crippen molar-refractivity contribution in [2.45, 2.75) is 44.5 Å². The number of thiophene rings is 1. The number of nitrogens with zero attached hydrogens (tertiary/aromatic N) is 1. The number of ether oxygens (including phenoxy) is 1. The molecule has 0 bridgehead atoms. The van der Waals surface area contributed by atoms with Crippen LogP contribution in [0.4, 0.5) is 18.2 Å². The Bertz CT molecular complexity index is 1410. The second-order valence-corrected chi connectivity index (χ2v) is 11.1. The predicted molar refractivity (Wildman–Crippen MR) is 144 cm³/mol. The first-order valence-corrected chi connectivity index (χ1v) is 13.8. The van der Waals surface area contributed by atoms with E-state index in [4.69, 9.17) is 0 Å². The maximum Gasteiger partial charge on any atom is 0.573 e. The summed E-state index contributed by atoms with van der Waals surface area (Å²) in [5.41, 5.74) is 1.44. The van der Waals surface area contributed by atoms with Crippen molar-refractivity contribution in [1.82, 2.24) is 10.2 Å². The van der Waals surface area contributed by atoms with Gasteiger partial charge in [-0.15, -0.1) is 24.5 Å². The fourth-order valence-electron chi connectivity index (χ4n) is 4.93. The van der Waals surface area contributed by atoms with Gasteiger partial charge in [-0.2, -0.15) is 0 Å². The lowest BCUT2D eigenvalue weighted by atomic mass is 9.85. The summed E-state index contributed by atoms with van der Waals surface area (Å²) in [6.45, 7) is 2.48. The van der Waals surface area contributed by atoms with Crippen LogP contribution in [0.1, 0.15) is 56.3 Å². The van der Waals surface area contributed by atoms with E-state index in [-0.39, 0.29) is 29.2 Å². The highest BCUT2D eigenvalue weighted by atomic mass is 32.1. The molecule has 1 aliphatic carbocycles. The molecule has 3 amide bonds. The summed E-state index contributed by atoms with van der Waals surface area (Å²) in [5, 5.41) is 6.43. The summed E-state index contributed by atoms with van der Waals surface area (Å²) in [6, 6.07) is 16.0. The van der Waals surface area contributed by atoms with Crippen LogP contribution in [0.5, 0.6) is 5.75 Å². The summed E-state index contributed by atoms with van der Waals surface area (Å²) < 4.78 is 42.8. The maximum atomic E-state index is 13.6. The number of nitrogens with one attached hydrogen (secondary N) is 2. The van der Waals surface area contributed by atoms with Gasteiger partial charge in [0.1, 0.15) is 5.75 Å². The normalized spacial score (nSPS) is 19.1. The molecular weight excluding hydrogens is 543 g/mol. The quantitative estimate of drug-likeness (QED) is 0.379.